The van der Waals surface area contributed by atoms with Gasteiger partial charge in [0.15, 0.2) is 0 Å². The summed E-state index contributed by atoms with van der Waals surface area (Å²) in [5, 5.41) is 3.58. The number of carbonyl (C=O) groups is 2. The molecule has 6 heteroatoms. The molecule has 1 atom stereocenters. The smallest absolute Gasteiger partial charge is 0.255 e. The van der Waals surface area contributed by atoms with Gasteiger partial charge < -0.3 is 10.2 Å². The van der Waals surface area contributed by atoms with Crippen LogP contribution in [0.4, 0.5) is 4.39 Å². The van der Waals surface area contributed by atoms with Gasteiger partial charge in [-0.15, -0.1) is 0 Å². The average Bonchev–Trinajstić information content (AvgIpc) is 2.76. The molecule has 4 nitrogen and oxygen atoms in total. The molecule has 0 saturated heterocycles. The Labute approximate surface area is 185 Å². The lowest BCUT2D eigenvalue weighted by Gasteiger charge is -2.44. The Hall–Kier alpha value is -3.18. The minimum atomic E-state index is -1.12. The van der Waals surface area contributed by atoms with Crippen LogP contribution >= 0.6 is 11.6 Å². The van der Waals surface area contributed by atoms with Crippen molar-refractivity contribution in [2.24, 2.45) is 0 Å². The van der Waals surface area contributed by atoms with Crippen LogP contribution in [-0.2, 0) is 24.3 Å². The van der Waals surface area contributed by atoms with Gasteiger partial charge in [0.1, 0.15) is 11.4 Å². The van der Waals surface area contributed by atoms with Gasteiger partial charge in [-0.3, -0.25) is 9.59 Å². The second kappa shape index (κ2) is 8.52. The van der Waals surface area contributed by atoms with Crippen molar-refractivity contribution in [2.45, 2.75) is 32.0 Å². The first-order valence-corrected chi connectivity index (χ1v) is 10.4. The van der Waals surface area contributed by atoms with E-state index in [1.165, 1.54) is 12.1 Å². The molecule has 1 aliphatic heterocycles. The highest BCUT2D eigenvalue weighted by molar-refractivity contribution is 6.30. The summed E-state index contributed by atoms with van der Waals surface area (Å²) < 4.78 is 13.8. The summed E-state index contributed by atoms with van der Waals surface area (Å²) in [6.45, 7) is 2.21. The molecule has 2 amide bonds. The standard InChI is InChI=1S/C25H22ClFN2O2/c1-25(24(31)28-15-17-9-11-20(26)12-10-17)14-19-6-2-3-8-22(19)23(30)29(25)16-18-5-4-7-21(27)13-18/h2-13H,14-16H2,1H3,(H,28,31)/t25-/m1/s1. The molecular weight excluding hydrogens is 415 g/mol. The van der Waals surface area contributed by atoms with Gasteiger partial charge in [-0.05, 0) is 53.9 Å². The maximum atomic E-state index is 13.8. The number of nitrogens with zero attached hydrogens (tertiary/aromatic N) is 1. The summed E-state index contributed by atoms with van der Waals surface area (Å²) in [7, 11) is 0. The Balaban J connectivity index is 1.64. The first kappa shape index (κ1) is 21.1. The Kier molecular flexibility index (Phi) is 5.79. The van der Waals surface area contributed by atoms with Crippen LogP contribution in [0.25, 0.3) is 0 Å². The number of rotatable bonds is 5. The van der Waals surface area contributed by atoms with Crippen molar-refractivity contribution in [3.05, 3.63) is 106 Å². The van der Waals surface area contributed by atoms with E-state index in [4.69, 9.17) is 11.6 Å². The maximum Gasteiger partial charge on any atom is 0.255 e. The first-order chi connectivity index (χ1) is 14.9. The number of carbonyl (C=O) groups excluding carboxylic acids is 2. The summed E-state index contributed by atoms with van der Waals surface area (Å²) in [5.41, 5.74) is 1.81. The number of hydrogen-bond donors (Lipinski definition) is 1. The number of halogens is 2. The molecule has 1 heterocycles. The second-order valence-corrected chi connectivity index (χ2v) is 8.37. The summed E-state index contributed by atoms with van der Waals surface area (Å²) in [6.07, 6.45) is 0.372. The van der Waals surface area contributed by atoms with Crippen molar-refractivity contribution in [3.63, 3.8) is 0 Å². The van der Waals surface area contributed by atoms with E-state index in [0.717, 1.165) is 11.1 Å². The average molecular weight is 437 g/mol. The van der Waals surface area contributed by atoms with E-state index in [-0.39, 0.29) is 24.2 Å². The van der Waals surface area contributed by atoms with Crippen molar-refractivity contribution in [3.8, 4) is 0 Å². The number of fused-ring (bicyclic) bond motifs is 1. The number of amides is 2. The fourth-order valence-electron chi connectivity index (χ4n) is 3.96. The molecule has 0 radical (unpaired) electrons. The highest BCUT2D eigenvalue weighted by Crippen LogP contribution is 2.33. The fourth-order valence-corrected chi connectivity index (χ4v) is 4.09. The molecule has 0 aliphatic carbocycles. The molecule has 3 aromatic carbocycles. The van der Waals surface area contributed by atoms with Crippen LogP contribution < -0.4 is 5.32 Å². The molecule has 0 saturated carbocycles. The Morgan fingerprint density at radius 1 is 1.06 bits per heavy atom. The van der Waals surface area contributed by atoms with Crippen LogP contribution in [0.2, 0.25) is 5.02 Å². The van der Waals surface area contributed by atoms with E-state index in [9.17, 15) is 14.0 Å². The van der Waals surface area contributed by atoms with Crippen molar-refractivity contribution in [1.29, 1.82) is 0 Å². The minimum absolute atomic E-state index is 0.135. The monoisotopic (exact) mass is 436 g/mol. The fraction of sp³-hybridized carbons (Fsp3) is 0.200. The molecule has 0 unspecified atom stereocenters. The second-order valence-electron chi connectivity index (χ2n) is 7.94. The van der Waals surface area contributed by atoms with E-state index < -0.39 is 5.54 Å². The number of nitrogens with one attached hydrogen (secondary N) is 1. The van der Waals surface area contributed by atoms with Gasteiger partial charge in [0.2, 0.25) is 5.91 Å². The largest absolute Gasteiger partial charge is 0.350 e. The molecule has 158 valence electrons. The van der Waals surface area contributed by atoms with Crippen LogP contribution in [-0.4, -0.2) is 22.3 Å². The summed E-state index contributed by atoms with van der Waals surface area (Å²) in [4.78, 5) is 28.3. The number of hydrogen-bond acceptors (Lipinski definition) is 2. The molecule has 31 heavy (non-hydrogen) atoms. The Bertz CT molecular complexity index is 1130. The van der Waals surface area contributed by atoms with Gasteiger partial charge in [-0.25, -0.2) is 4.39 Å². The Morgan fingerprint density at radius 3 is 2.55 bits per heavy atom. The quantitative estimate of drug-likeness (QED) is 0.627. The van der Waals surface area contributed by atoms with Crippen molar-refractivity contribution in [1.82, 2.24) is 10.2 Å². The predicted octanol–water partition coefficient (Wildman–Crippen LogP) is 4.75. The first-order valence-electron chi connectivity index (χ1n) is 10.0. The molecule has 1 aliphatic rings. The highest BCUT2D eigenvalue weighted by atomic mass is 35.5. The molecular formula is C25H22ClFN2O2. The maximum absolute atomic E-state index is 13.8. The SMILES string of the molecule is C[C@]1(C(=O)NCc2ccc(Cl)cc2)Cc2ccccc2C(=O)N1Cc1cccc(F)c1. The predicted molar refractivity (Wildman–Crippen MR) is 118 cm³/mol. The van der Waals surface area contributed by atoms with Crippen molar-refractivity contribution >= 4 is 23.4 Å². The molecule has 1 N–H and O–H groups in total. The van der Waals surface area contributed by atoms with Crippen molar-refractivity contribution < 1.29 is 14.0 Å². The van der Waals surface area contributed by atoms with E-state index >= 15 is 0 Å². The molecule has 0 bridgehead atoms. The third-order valence-electron chi connectivity index (χ3n) is 5.71. The molecule has 0 spiro atoms. The zero-order chi connectivity index (χ0) is 22.0. The van der Waals surface area contributed by atoms with Gasteiger partial charge in [0.05, 0.1) is 0 Å². The zero-order valence-corrected chi connectivity index (χ0v) is 17.8. The zero-order valence-electron chi connectivity index (χ0n) is 17.1. The van der Waals surface area contributed by atoms with Gasteiger partial charge in [-0.2, -0.15) is 0 Å². The normalized spacial score (nSPS) is 17.9. The summed E-state index contributed by atoms with van der Waals surface area (Å²) in [5.74, 6) is -0.881. The molecule has 0 aromatic heterocycles. The van der Waals surface area contributed by atoms with Gasteiger partial charge >= 0.3 is 0 Å². The van der Waals surface area contributed by atoms with Gasteiger partial charge in [0.25, 0.3) is 5.91 Å². The van der Waals surface area contributed by atoms with Crippen LogP contribution in [0, 0.1) is 5.82 Å². The van der Waals surface area contributed by atoms with Crippen LogP contribution in [0.3, 0.4) is 0 Å². The summed E-state index contributed by atoms with van der Waals surface area (Å²) >= 11 is 5.93. The van der Waals surface area contributed by atoms with Gasteiger partial charge in [-0.1, -0.05) is 54.1 Å². The third-order valence-corrected chi connectivity index (χ3v) is 5.96. The Morgan fingerprint density at radius 2 is 1.81 bits per heavy atom. The highest BCUT2D eigenvalue weighted by Gasteiger charge is 2.46. The molecule has 4 rings (SSSR count). The molecule has 3 aromatic rings. The van der Waals surface area contributed by atoms with Crippen LogP contribution in [0.1, 0.15) is 34.0 Å². The lowest BCUT2D eigenvalue weighted by Crippen LogP contribution is -2.62. The van der Waals surface area contributed by atoms with E-state index in [2.05, 4.69) is 5.32 Å². The van der Waals surface area contributed by atoms with E-state index in [0.29, 0.717) is 29.1 Å². The lowest BCUT2D eigenvalue weighted by atomic mass is 9.82. The van der Waals surface area contributed by atoms with Crippen LogP contribution in [0.15, 0.2) is 72.8 Å². The van der Waals surface area contributed by atoms with Crippen LogP contribution in [0.5, 0.6) is 0 Å². The third kappa shape index (κ3) is 4.32. The molecule has 0 fully saturated rings. The van der Waals surface area contributed by atoms with Crippen molar-refractivity contribution in [2.75, 3.05) is 0 Å². The lowest BCUT2D eigenvalue weighted by molar-refractivity contribution is -0.132. The van der Waals surface area contributed by atoms with Gasteiger partial charge in [0, 0.05) is 30.1 Å². The minimum Gasteiger partial charge on any atom is -0.350 e. The summed E-state index contributed by atoms with van der Waals surface area (Å²) in [6, 6.07) is 20.6. The van der Waals surface area contributed by atoms with E-state index in [1.54, 1.807) is 48.2 Å². The number of benzene rings is 3. The topological polar surface area (TPSA) is 49.4 Å². The van der Waals surface area contributed by atoms with E-state index in [1.807, 2.05) is 24.3 Å².